The maximum Gasteiger partial charge on any atom is 0.0717 e. The van der Waals surface area contributed by atoms with Crippen LogP contribution in [0.15, 0.2) is 0 Å². The smallest absolute Gasteiger partial charge is 0.0717 e. The molecule has 13 heavy (non-hydrogen) atoms. The Morgan fingerprint density at radius 2 is 1.77 bits per heavy atom. The lowest BCUT2D eigenvalue weighted by Crippen LogP contribution is -2.53. The summed E-state index contributed by atoms with van der Waals surface area (Å²) in [6.07, 6.45) is 4.80. The van der Waals surface area contributed by atoms with Crippen molar-refractivity contribution in [3.63, 3.8) is 0 Å². The average molecular weight is 179 g/mol. The lowest BCUT2D eigenvalue weighted by atomic mass is 9.87. The molecule has 0 amide bonds. The highest BCUT2D eigenvalue weighted by Gasteiger charge is 2.33. The monoisotopic (exact) mass is 179 g/mol. The van der Waals surface area contributed by atoms with E-state index in [1.165, 1.54) is 25.7 Å². The molecule has 3 heteroatoms. The van der Waals surface area contributed by atoms with Crippen LogP contribution in [0.25, 0.3) is 0 Å². The summed E-state index contributed by atoms with van der Waals surface area (Å²) >= 11 is 0. The van der Waals surface area contributed by atoms with E-state index in [0.29, 0.717) is 12.0 Å². The van der Waals surface area contributed by atoms with Gasteiger partial charge in [-0.05, 0) is 25.7 Å². The minimum atomic E-state index is 0.301. The quantitative estimate of drug-likeness (QED) is 0.645. The van der Waals surface area contributed by atoms with Crippen LogP contribution in [0.4, 0.5) is 0 Å². The minimum Gasteiger partial charge on any atom is -0.328 e. The summed E-state index contributed by atoms with van der Waals surface area (Å²) in [5.41, 5.74) is 5.84. The van der Waals surface area contributed by atoms with Gasteiger partial charge in [0.1, 0.15) is 0 Å². The molecular weight excluding hydrogens is 162 g/mol. The van der Waals surface area contributed by atoms with Crippen molar-refractivity contribution in [3.05, 3.63) is 0 Å². The number of nitrogens with zero attached hydrogens (tertiary/aromatic N) is 2. The van der Waals surface area contributed by atoms with E-state index < -0.39 is 0 Å². The molecule has 2 fully saturated rings. The maximum atomic E-state index is 8.65. The second kappa shape index (κ2) is 3.65. The molecular formula is C10H17N3. The fourth-order valence-corrected chi connectivity index (χ4v) is 2.36. The van der Waals surface area contributed by atoms with Crippen molar-refractivity contribution in [2.24, 2.45) is 11.7 Å². The largest absolute Gasteiger partial charge is 0.328 e. The van der Waals surface area contributed by atoms with E-state index in [0.717, 1.165) is 19.1 Å². The van der Waals surface area contributed by atoms with Gasteiger partial charge in [0.05, 0.1) is 12.0 Å². The Labute approximate surface area is 79.5 Å². The number of rotatable bonds is 1. The lowest BCUT2D eigenvalue weighted by Gasteiger charge is -2.43. The Morgan fingerprint density at radius 3 is 2.31 bits per heavy atom. The highest BCUT2D eigenvalue weighted by Crippen LogP contribution is 2.27. The van der Waals surface area contributed by atoms with Crippen molar-refractivity contribution in [3.8, 4) is 6.07 Å². The first kappa shape index (κ1) is 8.98. The van der Waals surface area contributed by atoms with Crippen LogP contribution in [0.1, 0.15) is 25.7 Å². The van der Waals surface area contributed by atoms with Crippen LogP contribution in [0.5, 0.6) is 0 Å². The van der Waals surface area contributed by atoms with Crippen LogP contribution in [0.2, 0.25) is 0 Å². The summed E-state index contributed by atoms with van der Waals surface area (Å²) in [5, 5.41) is 8.65. The third kappa shape index (κ3) is 1.84. The molecule has 1 heterocycles. The zero-order valence-electron chi connectivity index (χ0n) is 7.95. The van der Waals surface area contributed by atoms with Crippen LogP contribution < -0.4 is 5.73 Å². The molecule has 0 aromatic heterocycles. The summed E-state index contributed by atoms with van der Waals surface area (Å²) < 4.78 is 0. The van der Waals surface area contributed by atoms with Gasteiger partial charge in [0.15, 0.2) is 0 Å². The molecule has 0 spiro atoms. The number of nitrogens with two attached hydrogens (primary N) is 1. The first-order valence-electron chi connectivity index (χ1n) is 5.19. The molecule has 1 saturated carbocycles. The number of nitriles is 1. The molecule has 72 valence electrons. The predicted molar refractivity (Wildman–Crippen MR) is 50.9 cm³/mol. The van der Waals surface area contributed by atoms with Gasteiger partial charge in [-0.25, -0.2) is 0 Å². The molecule has 0 aromatic carbocycles. The molecule has 0 aromatic rings. The number of likely N-dealkylation sites (tertiary alicyclic amines) is 1. The second-order valence-electron chi connectivity index (χ2n) is 4.35. The van der Waals surface area contributed by atoms with Crippen molar-refractivity contribution in [1.29, 1.82) is 5.26 Å². The predicted octanol–water partition coefficient (Wildman–Crippen LogP) is 0.712. The zero-order chi connectivity index (χ0) is 9.26. The van der Waals surface area contributed by atoms with Gasteiger partial charge < -0.3 is 5.73 Å². The van der Waals surface area contributed by atoms with Crippen LogP contribution in [-0.2, 0) is 0 Å². The number of hydrogen-bond acceptors (Lipinski definition) is 3. The van der Waals surface area contributed by atoms with Gasteiger partial charge in [-0.15, -0.1) is 0 Å². The van der Waals surface area contributed by atoms with E-state index in [1.54, 1.807) is 0 Å². The summed E-state index contributed by atoms with van der Waals surface area (Å²) in [5.74, 6) is 0.301. The Hall–Kier alpha value is -0.590. The molecule has 1 aliphatic carbocycles. The summed E-state index contributed by atoms with van der Waals surface area (Å²) in [6.45, 7) is 1.99. The van der Waals surface area contributed by atoms with Gasteiger partial charge >= 0.3 is 0 Å². The fourth-order valence-electron chi connectivity index (χ4n) is 2.36. The Kier molecular flexibility index (Phi) is 2.52. The Morgan fingerprint density at radius 1 is 1.15 bits per heavy atom. The molecule has 0 atom stereocenters. The molecule has 2 rings (SSSR count). The van der Waals surface area contributed by atoms with Crippen molar-refractivity contribution in [2.75, 3.05) is 13.1 Å². The third-order valence-corrected chi connectivity index (χ3v) is 3.35. The zero-order valence-corrected chi connectivity index (χ0v) is 7.95. The van der Waals surface area contributed by atoms with Gasteiger partial charge in [-0.3, -0.25) is 4.90 Å². The molecule has 1 aliphatic heterocycles. The van der Waals surface area contributed by atoms with E-state index in [2.05, 4.69) is 11.0 Å². The number of hydrogen-bond donors (Lipinski definition) is 1. The first-order valence-corrected chi connectivity index (χ1v) is 5.19. The summed E-state index contributed by atoms with van der Waals surface area (Å²) in [4.78, 5) is 2.44. The van der Waals surface area contributed by atoms with Crippen molar-refractivity contribution in [1.82, 2.24) is 4.90 Å². The molecule has 0 unspecified atom stereocenters. The standard InChI is InChI=1S/C10H17N3/c11-5-8-6-13(7-8)10-3-1-9(12)2-4-10/h8-10H,1-4,6-7,12H2. The van der Waals surface area contributed by atoms with Gasteiger partial charge in [-0.1, -0.05) is 0 Å². The van der Waals surface area contributed by atoms with Gasteiger partial charge in [0.25, 0.3) is 0 Å². The molecule has 1 saturated heterocycles. The topological polar surface area (TPSA) is 53.0 Å². The second-order valence-corrected chi connectivity index (χ2v) is 4.35. The summed E-state index contributed by atoms with van der Waals surface area (Å²) in [7, 11) is 0. The molecule has 2 aliphatic rings. The third-order valence-electron chi connectivity index (χ3n) is 3.35. The Bertz CT molecular complexity index is 207. The van der Waals surface area contributed by atoms with Gasteiger partial charge in [0.2, 0.25) is 0 Å². The van der Waals surface area contributed by atoms with E-state index in [1.807, 2.05) is 0 Å². The molecule has 0 radical (unpaired) electrons. The van der Waals surface area contributed by atoms with E-state index in [4.69, 9.17) is 11.0 Å². The highest BCUT2D eigenvalue weighted by atomic mass is 15.2. The first-order chi connectivity index (χ1) is 6.29. The van der Waals surface area contributed by atoms with Crippen LogP contribution in [0.3, 0.4) is 0 Å². The fraction of sp³-hybridized carbons (Fsp3) is 0.900. The summed E-state index contributed by atoms with van der Waals surface area (Å²) in [6, 6.07) is 3.47. The minimum absolute atomic E-state index is 0.301. The average Bonchev–Trinajstić information content (AvgIpc) is 2.06. The van der Waals surface area contributed by atoms with Crippen molar-refractivity contribution in [2.45, 2.75) is 37.8 Å². The maximum absolute atomic E-state index is 8.65. The van der Waals surface area contributed by atoms with E-state index in [9.17, 15) is 0 Å². The Balaban J connectivity index is 1.75. The molecule has 0 bridgehead atoms. The molecule has 3 nitrogen and oxygen atoms in total. The van der Waals surface area contributed by atoms with E-state index in [-0.39, 0.29) is 0 Å². The van der Waals surface area contributed by atoms with Gasteiger partial charge in [0, 0.05) is 25.2 Å². The van der Waals surface area contributed by atoms with Gasteiger partial charge in [-0.2, -0.15) is 5.26 Å². The van der Waals surface area contributed by atoms with E-state index >= 15 is 0 Å². The van der Waals surface area contributed by atoms with Crippen LogP contribution in [-0.4, -0.2) is 30.1 Å². The normalized spacial score (nSPS) is 36.6. The van der Waals surface area contributed by atoms with Crippen LogP contribution in [0, 0.1) is 17.2 Å². The highest BCUT2D eigenvalue weighted by molar-refractivity contribution is 4.98. The lowest BCUT2D eigenvalue weighted by molar-refractivity contribution is 0.0565. The van der Waals surface area contributed by atoms with Crippen LogP contribution >= 0.6 is 0 Å². The van der Waals surface area contributed by atoms with Crippen molar-refractivity contribution >= 4 is 0 Å². The molecule has 2 N–H and O–H groups in total. The van der Waals surface area contributed by atoms with Crippen molar-refractivity contribution < 1.29 is 0 Å². The SMILES string of the molecule is N#CC1CN(C2CCC(N)CC2)C1.